The molecule has 2 fully saturated rings. The van der Waals surface area contributed by atoms with Gasteiger partial charge in [0.05, 0.1) is 10.5 Å². The number of rotatable bonds is 5. The molecule has 1 aliphatic carbocycles. The van der Waals surface area contributed by atoms with E-state index in [4.69, 9.17) is 5.11 Å². The van der Waals surface area contributed by atoms with E-state index in [1.807, 2.05) is 22.9 Å². The fourth-order valence-corrected chi connectivity index (χ4v) is 4.76. The van der Waals surface area contributed by atoms with Gasteiger partial charge in [-0.1, -0.05) is 19.3 Å². The number of hydrogen-bond donors (Lipinski definition) is 1. The third kappa shape index (κ3) is 4.15. The van der Waals surface area contributed by atoms with E-state index in [2.05, 4.69) is 0 Å². The van der Waals surface area contributed by atoms with Crippen LogP contribution >= 0.6 is 11.8 Å². The number of carbonyl (C=O) groups is 3. The number of imide groups is 1. The number of amides is 2. The third-order valence-corrected chi connectivity index (χ3v) is 6.40. The van der Waals surface area contributed by atoms with Crippen molar-refractivity contribution in [2.24, 2.45) is 5.92 Å². The molecule has 6 nitrogen and oxygen atoms in total. The standard InChI is InChI=1S/C22H22N2O4S/c25-20-19(29-22(28)24(20)14-15-5-2-1-3-6-15)13-18-7-4-12-23(18)17-10-8-16(9-11-17)21(26)27/h4,7-13,15H,1-3,5-6,14H2,(H,26,27)/b19-13+. The number of aromatic carboxylic acids is 1. The van der Waals surface area contributed by atoms with Crippen LogP contribution in [-0.4, -0.2) is 38.2 Å². The van der Waals surface area contributed by atoms with Crippen LogP contribution < -0.4 is 0 Å². The molecule has 150 valence electrons. The Kier molecular flexibility index (Phi) is 5.58. The number of aromatic nitrogens is 1. The molecule has 29 heavy (non-hydrogen) atoms. The van der Waals surface area contributed by atoms with Gasteiger partial charge >= 0.3 is 5.97 Å². The Morgan fingerprint density at radius 2 is 1.83 bits per heavy atom. The van der Waals surface area contributed by atoms with Gasteiger partial charge in [0.25, 0.3) is 11.1 Å². The van der Waals surface area contributed by atoms with Crippen LogP contribution in [0.2, 0.25) is 0 Å². The molecule has 7 heteroatoms. The normalized spacial score (nSPS) is 19.3. The molecule has 1 N–H and O–H groups in total. The zero-order chi connectivity index (χ0) is 20.4. The number of hydrogen-bond acceptors (Lipinski definition) is 4. The van der Waals surface area contributed by atoms with E-state index in [-0.39, 0.29) is 16.7 Å². The second-order valence-corrected chi connectivity index (χ2v) is 8.44. The van der Waals surface area contributed by atoms with Crippen molar-refractivity contribution in [2.75, 3.05) is 6.54 Å². The minimum Gasteiger partial charge on any atom is -0.478 e. The van der Waals surface area contributed by atoms with Gasteiger partial charge in [-0.15, -0.1) is 0 Å². The predicted octanol–water partition coefficient (Wildman–Crippen LogP) is 4.79. The van der Waals surface area contributed by atoms with E-state index >= 15 is 0 Å². The molecule has 0 atom stereocenters. The molecule has 1 aromatic heterocycles. The molecule has 0 radical (unpaired) electrons. The van der Waals surface area contributed by atoms with E-state index in [9.17, 15) is 14.4 Å². The summed E-state index contributed by atoms with van der Waals surface area (Å²) in [5.41, 5.74) is 1.76. The van der Waals surface area contributed by atoms with Crippen LogP contribution in [0.5, 0.6) is 0 Å². The molecule has 0 spiro atoms. The molecule has 2 aromatic rings. The van der Waals surface area contributed by atoms with Gasteiger partial charge in [0.2, 0.25) is 0 Å². The first kappa shape index (κ1) is 19.5. The van der Waals surface area contributed by atoms with Gasteiger partial charge in [0, 0.05) is 24.1 Å². The molecule has 2 aliphatic rings. The second kappa shape index (κ2) is 8.29. The molecule has 1 saturated carbocycles. The van der Waals surface area contributed by atoms with Gasteiger partial charge in [-0.25, -0.2) is 4.79 Å². The van der Waals surface area contributed by atoms with Gasteiger partial charge in [-0.3, -0.25) is 14.5 Å². The number of carboxylic acid groups (broad SMARTS) is 1. The highest BCUT2D eigenvalue weighted by atomic mass is 32.2. The highest BCUT2D eigenvalue weighted by molar-refractivity contribution is 8.18. The summed E-state index contributed by atoms with van der Waals surface area (Å²) in [5.74, 6) is -0.788. The summed E-state index contributed by atoms with van der Waals surface area (Å²) >= 11 is 0.986. The maximum atomic E-state index is 12.8. The van der Waals surface area contributed by atoms with E-state index in [0.29, 0.717) is 17.4 Å². The summed E-state index contributed by atoms with van der Waals surface area (Å²) in [5, 5.41) is 8.86. The van der Waals surface area contributed by atoms with Crippen molar-refractivity contribution in [2.45, 2.75) is 32.1 Å². The lowest BCUT2D eigenvalue weighted by Gasteiger charge is -2.25. The van der Waals surface area contributed by atoms with Crippen LogP contribution in [-0.2, 0) is 4.79 Å². The SMILES string of the molecule is O=C(O)c1ccc(-n2cccc2/C=C2/SC(=O)N(CC3CCCCC3)C2=O)cc1. The highest BCUT2D eigenvalue weighted by Gasteiger charge is 2.36. The molecule has 4 rings (SSSR count). The average Bonchev–Trinajstić information content (AvgIpc) is 3.29. The zero-order valence-electron chi connectivity index (χ0n) is 15.9. The molecular formula is C22H22N2O4S. The van der Waals surface area contributed by atoms with Crippen molar-refractivity contribution in [1.82, 2.24) is 9.47 Å². The molecule has 2 amide bonds. The summed E-state index contributed by atoms with van der Waals surface area (Å²) in [4.78, 5) is 38.1. The Bertz CT molecular complexity index is 971. The van der Waals surface area contributed by atoms with Crippen LogP contribution in [0.4, 0.5) is 4.79 Å². The van der Waals surface area contributed by atoms with Crippen molar-refractivity contribution in [3.8, 4) is 5.69 Å². The number of carboxylic acids is 1. The van der Waals surface area contributed by atoms with Crippen LogP contribution in [0.15, 0.2) is 47.5 Å². The number of carbonyl (C=O) groups excluding carboxylic acids is 2. The summed E-state index contributed by atoms with van der Waals surface area (Å²) in [6.07, 6.45) is 9.31. The van der Waals surface area contributed by atoms with Gasteiger partial charge in [0.1, 0.15) is 0 Å². The predicted molar refractivity (Wildman–Crippen MR) is 112 cm³/mol. The third-order valence-electron chi connectivity index (χ3n) is 5.49. The lowest BCUT2D eigenvalue weighted by molar-refractivity contribution is -0.123. The monoisotopic (exact) mass is 410 g/mol. The second-order valence-electron chi connectivity index (χ2n) is 7.45. The van der Waals surface area contributed by atoms with Crippen molar-refractivity contribution in [1.29, 1.82) is 0 Å². The quantitative estimate of drug-likeness (QED) is 0.717. The van der Waals surface area contributed by atoms with Crippen molar-refractivity contribution < 1.29 is 19.5 Å². The average molecular weight is 410 g/mol. The zero-order valence-corrected chi connectivity index (χ0v) is 16.7. The summed E-state index contributed by atoms with van der Waals surface area (Å²) in [7, 11) is 0. The summed E-state index contributed by atoms with van der Waals surface area (Å²) in [6.45, 7) is 0.514. The Morgan fingerprint density at radius 1 is 1.10 bits per heavy atom. The number of nitrogens with zero attached hydrogens (tertiary/aromatic N) is 2. The summed E-state index contributed by atoms with van der Waals surface area (Å²) < 4.78 is 1.86. The van der Waals surface area contributed by atoms with E-state index in [1.165, 1.54) is 24.2 Å². The molecule has 2 heterocycles. The van der Waals surface area contributed by atoms with Crippen molar-refractivity contribution in [3.63, 3.8) is 0 Å². The smallest absolute Gasteiger partial charge is 0.335 e. The minimum atomic E-state index is -0.976. The van der Waals surface area contributed by atoms with Gasteiger partial charge in [0.15, 0.2) is 0 Å². The summed E-state index contributed by atoms with van der Waals surface area (Å²) in [6, 6.07) is 10.2. The molecule has 0 bridgehead atoms. The minimum absolute atomic E-state index is 0.198. The Labute approximate surface area is 173 Å². The molecule has 1 aromatic carbocycles. The maximum absolute atomic E-state index is 12.8. The number of thioether (sulfide) groups is 1. The lowest BCUT2D eigenvalue weighted by Crippen LogP contribution is -2.34. The van der Waals surface area contributed by atoms with Gasteiger partial charge in [-0.05, 0) is 73.0 Å². The van der Waals surface area contributed by atoms with Gasteiger partial charge in [-0.2, -0.15) is 0 Å². The van der Waals surface area contributed by atoms with Gasteiger partial charge < -0.3 is 9.67 Å². The van der Waals surface area contributed by atoms with Crippen LogP contribution in [0, 0.1) is 5.92 Å². The van der Waals surface area contributed by atoms with E-state index in [1.54, 1.807) is 30.3 Å². The first-order chi connectivity index (χ1) is 14.0. The first-order valence-corrected chi connectivity index (χ1v) is 10.6. The molecule has 1 saturated heterocycles. The van der Waals surface area contributed by atoms with Crippen molar-refractivity contribution in [3.05, 3.63) is 58.8 Å². The largest absolute Gasteiger partial charge is 0.478 e. The van der Waals surface area contributed by atoms with Crippen LogP contribution in [0.3, 0.4) is 0 Å². The highest BCUT2D eigenvalue weighted by Crippen LogP contribution is 2.35. The van der Waals surface area contributed by atoms with E-state index in [0.717, 1.165) is 36.0 Å². The Hall–Kier alpha value is -2.80. The van der Waals surface area contributed by atoms with Crippen LogP contribution in [0.25, 0.3) is 11.8 Å². The Morgan fingerprint density at radius 3 is 2.52 bits per heavy atom. The van der Waals surface area contributed by atoms with Crippen LogP contribution in [0.1, 0.15) is 48.2 Å². The number of benzene rings is 1. The Balaban J connectivity index is 1.54. The molecule has 0 unspecified atom stereocenters. The fraction of sp³-hybridized carbons (Fsp3) is 0.318. The first-order valence-electron chi connectivity index (χ1n) is 9.79. The maximum Gasteiger partial charge on any atom is 0.335 e. The topological polar surface area (TPSA) is 79.6 Å². The van der Waals surface area contributed by atoms with Crippen molar-refractivity contribution >= 4 is 35.0 Å². The molecule has 1 aliphatic heterocycles. The fourth-order valence-electron chi connectivity index (χ4n) is 3.93. The lowest BCUT2D eigenvalue weighted by atomic mass is 9.89. The van der Waals surface area contributed by atoms with E-state index < -0.39 is 5.97 Å². The molecular weight excluding hydrogens is 388 g/mol.